The Labute approximate surface area is 150 Å². The van der Waals surface area contributed by atoms with Gasteiger partial charge in [0, 0.05) is 0 Å². The molecule has 0 aromatic carbocycles. The molecule has 0 N–H and O–H groups in total. The van der Waals surface area contributed by atoms with Crippen LogP contribution >= 0.6 is 46.4 Å². The Morgan fingerprint density at radius 2 is 1.57 bits per heavy atom. The molecule has 2 aromatic heterocycles. The van der Waals surface area contributed by atoms with E-state index in [2.05, 4.69) is 24.7 Å². The molecule has 0 bridgehead atoms. The van der Waals surface area contributed by atoms with Gasteiger partial charge in [-0.1, -0.05) is 46.4 Å². The van der Waals surface area contributed by atoms with Crippen molar-refractivity contribution in [2.45, 2.75) is 6.92 Å². The number of rotatable bonds is 3. The Morgan fingerprint density at radius 3 is 2.00 bits per heavy atom. The highest BCUT2D eigenvalue weighted by atomic mass is 35.5. The maximum absolute atomic E-state index is 11.4. The van der Waals surface area contributed by atoms with Gasteiger partial charge in [-0.05, 0) is 6.92 Å². The molecule has 122 valence electrons. The monoisotopic (exact) mass is 396 g/mol. The normalized spacial score (nSPS) is 9.61. The van der Waals surface area contributed by atoms with Crippen molar-refractivity contribution in [1.29, 1.82) is 0 Å². The van der Waals surface area contributed by atoms with Crippen LogP contribution in [-0.2, 0) is 9.53 Å². The number of carbonyl (C=O) groups excluding carboxylic acids is 2. The fourth-order valence-corrected chi connectivity index (χ4v) is 1.85. The molecule has 2 heterocycles. The maximum Gasteiger partial charge on any atom is 0.381 e. The third-order valence-corrected chi connectivity index (χ3v) is 2.76. The van der Waals surface area contributed by atoms with E-state index in [1.807, 2.05) is 0 Å². The number of halogens is 4. The predicted molar refractivity (Wildman–Crippen MR) is 85.1 cm³/mol. The zero-order chi connectivity index (χ0) is 17.4. The lowest BCUT2D eigenvalue weighted by atomic mass is 10.3. The van der Waals surface area contributed by atoms with Crippen LogP contribution in [0.3, 0.4) is 0 Å². The first-order valence-electron chi connectivity index (χ1n) is 5.87. The average Bonchev–Trinajstić information content (AvgIpc) is 2.47. The fraction of sp³-hybridized carbons (Fsp3) is 0.167. The van der Waals surface area contributed by atoms with E-state index >= 15 is 0 Å². The molecule has 2 aromatic rings. The van der Waals surface area contributed by atoms with Crippen LogP contribution in [0, 0.1) is 0 Å². The predicted octanol–water partition coefficient (Wildman–Crippen LogP) is 3.31. The number of ether oxygens (including phenoxy) is 1. The summed E-state index contributed by atoms with van der Waals surface area (Å²) in [6, 6.07) is 0. The van der Waals surface area contributed by atoms with Gasteiger partial charge >= 0.3 is 5.97 Å². The third kappa shape index (κ3) is 6.62. The van der Waals surface area contributed by atoms with Crippen LogP contribution in [0.4, 0.5) is 0 Å². The molecule has 0 atom stereocenters. The van der Waals surface area contributed by atoms with Crippen LogP contribution in [-0.4, -0.2) is 38.3 Å². The van der Waals surface area contributed by atoms with Gasteiger partial charge in [0.1, 0.15) is 15.5 Å². The van der Waals surface area contributed by atoms with Gasteiger partial charge in [-0.15, -0.1) is 0 Å². The van der Waals surface area contributed by atoms with Gasteiger partial charge in [0.2, 0.25) is 0 Å². The van der Waals surface area contributed by atoms with Gasteiger partial charge in [-0.3, -0.25) is 9.78 Å². The van der Waals surface area contributed by atoms with Gasteiger partial charge in [0.05, 0.1) is 25.2 Å². The lowest BCUT2D eigenvalue weighted by Gasteiger charge is -2.01. The van der Waals surface area contributed by atoms with E-state index in [1.165, 1.54) is 12.4 Å². The number of aromatic nitrogens is 4. The summed E-state index contributed by atoms with van der Waals surface area (Å²) in [7, 11) is 0. The molecule has 2 rings (SSSR count). The number of esters is 1. The van der Waals surface area contributed by atoms with E-state index in [1.54, 1.807) is 6.92 Å². The second-order valence-corrected chi connectivity index (χ2v) is 5.07. The van der Waals surface area contributed by atoms with E-state index in [4.69, 9.17) is 46.4 Å². The van der Waals surface area contributed by atoms with Crippen LogP contribution in [0.25, 0.3) is 0 Å². The standard InChI is InChI=1S/C8H6Cl2N2O3.C4H2Cl2N2/c1-2-15-8(14)6(13)5-7(10)12-4(9)3-11-5;5-3-1-7-2-4(6)8-3/h3H,2H2,1H3;1-2H. The first-order chi connectivity index (χ1) is 10.8. The summed E-state index contributed by atoms with van der Waals surface area (Å²) in [5, 5.41) is 0.455. The Balaban J connectivity index is 0.000000277. The van der Waals surface area contributed by atoms with E-state index in [0.29, 0.717) is 10.3 Å². The molecule has 0 amide bonds. The summed E-state index contributed by atoms with van der Waals surface area (Å²) < 4.78 is 4.50. The zero-order valence-corrected chi connectivity index (χ0v) is 14.5. The van der Waals surface area contributed by atoms with Crippen LogP contribution < -0.4 is 0 Å². The van der Waals surface area contributed by atoms with E-state index in [0.717, 1.165) is 6.20 Å². The number of Topliss-reactive ketones (excluding diaryl/α,β-unsaturated/α-hetero) is 1. The van der Waals surface area contributed by atoms with Gasteiger partial charge in [-0.2, -0.15) is 0 Å². The molecule has 0 saturated heterocycles. The lowest BCUT2D eigenvalue weighted by molar-refractivity contribution is -0.137. The highest BCUT2D eigenvalue weighted by molar-refractivity contribution is 6.44. The molecule has 0 spiro atoms. The molecule has 7 nitrogen and oxygen atoms in total. The van der Waals surface area contributed by atoms with Crippen molar-refractivity contribution in [3.8, 4) is 0 Å². The van der Waals surface area contributed by atoms with E-state index in [-0.39, 0.29) is 22.6 Å². The Bertz CT molecular complexity index is 697. The Kier molecular flexibility index (Phi) is 8.11. The van der Waals surface area contributed by atoms with Crippen molar-refractivity contribution >= 4 is 58.2 Å². The second-order valence-electron chi connectivity index (χ2n) is 3.55. The molecular weight excluding hydrogens is 390 g/mol. The number of hydrogen-bond donors (Lipinski definition) is 0. The minimum absolute atomic E-state index is 0.0420. The van der Waals surface area contributed by atoms with Gasteiger partial charge in [-0.25, -0.2) is 19.7 Å². The summed E-state index contributed by atoms with van der Waals surface area (Å²) >= 11 is 21.8. The van der Waals surface area contributed by atoms with Gasteiger partial charge < -0.3 is 4.74 Å². The minimum atomic E-state index is -1.02. The molecule has 0 radical (unpaired) electrons. The largest absolute Gasteiger partial charge is 0.460 e. The Hall–Kier alpha value is -1.54. The number of nitrogens with zero attached hydrogens (tertiary/aromatic N) is 4. The summed E-state index contributed by atoms with van der Waals surface area (Å²) in [6.45, 7) is 1.68. The maximum atomic E-state index is 11.4. The SMILES string of the molecule is CCOC(=O)C(=O)c1ncc(Cl)nc1Cl.Clc1cncc(Cl)n1. The fourth-order valence-electron chi connectivity index (χ4n) is 1.11. The molecule has 0 saturated carbocycles. The first-order valence-corrected chi connectivity index (χ1v) is 7.38. The molecule has 0 aliphatic rings. The average molecular weight is 398 g/mol. The van der Waals surface area contributed by atoms with Crippen molar-refractivity contribution < 1.29 is 14.3 Å². The quantitative estimate of drug-likeness (QED) is 0.445. The van der Waals surface area contributed by atoms with Gasteiger partial charge in [0.15, 0.2) is 10.8 Å². The van der Waals surface area contributed by atoms with Crippen molar-refractivity contribution in [2.75, 3.05) is 6.61 Å². The van der Waals surface area contributed by atoms with Crippen molar-refractivity contribution in [2.24, 2.45) is 0 Å². The number of ketones is 1. The van der Waals surface area contributed by atoms with Crippen LogP contribution in [0.1, 0.15) is 17.4 Å². The molecule has 0 aliphatic carbocycles. The van der Waals surface area contributed by atoms with E-state index in [9.17, 15) is 9.59 Å². The van der Waals surface area contributed by atoms with Crippen molar-refractivity contribution in [1.82, 2.24) is 19.9 Å². The highest BCUT2D eigenvalue weighted by Crippen LogP contribution is 2.14. The van der Waals surface area contributed by atoms with Crippen LogP contribution in [0.15, 0.2) is 18.6 Å². The summed E-state index contributed by atoms with van der Waals surface area (Å²) in [4.78, 5) is 36.9. The third-order valence-electron chi connectivity index (χ3n) is 1.95. The van der Waals surface area contributed by atoms with E-state index < -0.39 is 11.8 Å². The Morgan fingerprint density at radius 1 is 1.00 bits per heavy atom. The highest BCUT2D eigenvalue weighted by Gasteiger charge is 2.22. The molecule has 23 heavy (non-hydrogen) atoms. The summed E-state index contributed by atoms with van der Waals surface area (Å²) in [6.07, 6.45) is 3.97. The summed E-state index contributed by atoms with van der Waals surface area (Å²) in [5.74, 6) is -1.96. The molecule has 0 fully saturated rings. The van der Waals surface area contributed by atoms with Crippen molar-refractivity contribution in [3.63, 3.8) is 0 Å². The lowest BCUT2D eigenvalue weighted by Crippen LogP contribution is -2.19. The number of hydrogen-bond acceptors (Lipinski definition) is 7. The molecule has 0 aliphatic heterocycles. The molecular formula is C12H8Cl4N4O3. The van der Waals surface area contributed by atoms with Crippen LogP contribution in [0.2, 0.25) is 20.6 Å². The zero-order valence-electron chi connectivity index (χ0n) is 11.5. The minimum Gasteiger partial charge on any atom is -0.460 e. The van der Waals surface area contributed by atoms with Gasteiger partial charge in [0.25, 0.3) is 5.78 Å². The topological polar surface area (TPSA) is 94.9 Å². The number of carbonyl (C=O) groups is 2. The smallest absolute Gasteiger partial charge is 0.381 e. The summed E-state index contributed by atoms with van der Waals surface area (Å²) in [5.41, 5.74) is -0.264. The first kappa shape index (κ1) is 19.5. The molecule has 11 heteroatoms. The van der Waals surface area contributed by atoms with Crippen LogP contribution in [0.5, 0.6) is 0 Å². The molecule has 0 unspecified atom stereocenters. The second kappa shape index (κ2) is 9.57. The van der Waals surface area contributed by atoms with Crippen molar-refractivity contribution in [3.05, 3.63) is 44.9 Å².